The van der Waals surface area contributed by atoms with Crippen LogP contribution in [0.3, 0.4) is 0 Å². The smallest absolute Gasteiger partial charge is 0.119 e. The zero-order valence-electron chi connectivity index (χ0n) is 15.0. The third-order valence-electron chi connectivity index (χ3n) is 4.53. The van der Waals surface area contributed by atoms with Gasteiger partial charge in [0.2, 0.25) is 0 Å². The molecule has 5 nitrogen and oxygen atoms in total. The first-order valence-corrected chi connectivity index (χ1v) is 8.63. The Hall–Kier alpha value is -2.08. The van der Waals surface area contributed by atoms with Gasteiger partial charge in [0.25, 0.3) is 0 Å². The SMILES string of the molecule is CN1CCN(C/C(=N\O)c2ccc(OCc3ccccc3)cc2)CC1.Cl. The molecule has 0 spiro atoms. The van der Waals surface area contributed by atoms with E-state index in [1.165, 1.54) is 0 Å². The van der Waals surface area contributed by atoms with E-state index in [4.69, 9.17) is 4.74 Å². The molecule has 0 amide bonds. The summed E-state index contributed by atoms with van der Waals surface area (Å²) in [5, 5.41) is 12.9. The lowest BCUT2D eigenvalue weighted by molar-refractivity contribution is 0.169. The molecule has 2 aromatic carbocycles. The third-order valence-corrected chi connectivity index (χ3v) is 4.53. The minimum atomic E-state index is 0. The molecule has 1 saturated heterocycles. The van der Waals surface area contributed by atoms with Crippen LogP contribution in [0.2, 0.25) is 0 Å². The fraction of sp³-hybridized carbons (Fsp3) is 0.350. The van der Waals surface area contributed by atoms with Gasteiger partial charge in [0.15, 0.2) is 0 Å². The number of oxime groups is 1. The summed E-state index contributed by atoms with van der Waals surface area (Å²) in [6.07, 6.45) is 0. The number of hydrogen-bond acceptors (Lipinski definition) is 5. The van der Waals surface area contributed by atoms with Crippen LogP contribution in [0.5, 0.6) is 5.75 Å². The second kappa shape index (κ2) is 10.2. The van der Waals surface area contributed by atoms with E-state index in [0.29, 0.717) is 18.9 Å². The molecule has 0 aromatic heterocycles. The lowest BCUT2D eigenvalue weighted by Crippen LogP contribution is -2.46. The maximum atomic E-state index is 9.40. The predicted octanol–water partition coefficient (Wildman–Crippen LogP) is 3.11. The second-order valence-electron chi connectivity index (χ2n) is 6.42. The van der Waals surface area contributed by atoms with Gasteiger partial charge in [-0.05, 0) is 36.9 Å². The molecular formula is C20H26ClN3O2. The van der Waals surface area contributed by atoms with Crippen LogP contribution in [0.25, 0.3) is 0 Å². The van der Waals surface area contributed by atoms with Crippen molar-refractivity contribution in [2.75, 3.05) is 39.8 Å². The molecule has 2 aromatic rings. The predicted molar refractivity (Wildman–Crippen MR) is 107 cm³/mol. The Morgan fingerprint density at radius 3 is 2.27 bits per heavy atom. The van der Waals surface area contributed by atoms with Crippen LogP contribution in [0.1, 0.15) is 11.1 Å². The summed E-state index contributed by atoms with van der Waals surface area (Å²) in [7, 11) is 2.13. The van der Waals surface area contributed by atoms with Crippen molar-refractivity contribution in [3.05, 3.63) is 65.7 Å². The number of hydrogen-bond donors (Lipinski definition) is 1. The summed E-state index contributed by atoms with van der Waals surface area (Å²) < 4.78 is 5.80. The summed E-state index contributed by atoms with van der Waals surface area (Å²) in [6.45, 7) is 5.29. The minimum absolute atomic E-state index is 0. The van der Waals surface area contributed by atoms with Crippen LogP contribution in [0.15, 0.2) is 59.8 Å². The number of ether oxygens (including phenoxy) is 1. The highest BCUT2D eigenvalue weighted by Crippen LogP contribution is 2.15. The molecule has 0 saturated carbocycles. The van der Waals surface area contributed by atoms with Crippen molar-refractivity contribution in [1.82, 2.24) is 9.80 Å². The Morgan fingerprint density at radius 1 is 1.00 bits per heavy atom. The maximum Gasteiger partial charge on any atom is 0.119 e. The first kappa shape index (κ1) is 20.2. The number of likely N-dealkylation sites (N-methyl/N-ethyl adjacent to an activating group) is 1. The quantitative estimate of drug-likeness (QED) is 0.479. The first-order valence-electron chi connectivity index (χ1n) is 8.63. The molecule has 0 radical (unpaired) electrons. The molecule has 1 aliphatic heterocycles. The van der Waals surface area contributed by atoms with E-state index in [1.54, 1.807) is 0 Å². The Bertz CT molecular complexity index is 684. The van der Waals surface area contributed by atoms with Crippen molar-refractivity contribution in [2.24, 2.45) is 5.16 Å². The summed E-state index contributed by atoms with van der Waals surface area (Å²) in [5.41, 5.74) is 2.76. The van der Waals surface area contributed by atoms with Gasteiger partial charge in [-0.3, -0.25) is 4.90 Å². The van der Waals surface area contributed by atoms with Crippen molar-refractivity contribution in [3.63, 3.8) is 0 Å². The van der Waals surface area contributed by atoms with Gasteiger partial charge in [0, 0.05) is 38.3 Å². The fourth-order valence-electron chi connectivity index (χ4n) is 2.88. The van der Waals surface area contributed by atoms with E-state index < -0.39 is 0 Å². The second-order valence-corrected chi connectivity index (χ2v) is 6.42. The van der Waals surface area contributed by atoms with E-state index in [9.17, 15) is 5.21 Å². The fourth-order valence-corrected chi connectivity index (χ4v) is 2.88. The summed E-state index contributed by atoms with van der Waals surface area (Å²) in [6, 6.07) is 17.8. The summed E-state index contributed by atoms with van der Waals surface area (Å²) in [4.78, 5) is 4.62. The number of benzene rings is 2. The van der Waals surface area contributed by atoms with Crippen LogP contribution < -0.4 is 4.74 Å². The van der Waals surface area contributed by atoms with E-state index in [1.807, 2.05) is 54.6 Å². The average molecular weight is 376 g/mol. The number of nitrogens with zero attached hydrogens (tertiary/aromatic N) is 3. The number of halogens is 1. The number of rotatable bonds is 6. The van der Waals surface area contributed by atoms with Gasteiger partial charge in [-0.25, -0.2) is 0 Å². The standard InChI is InChI=1S/C20H25N3O2.ClH/c1-22-11-13-23(14-12-22)15-20(21-24)18-7-9-19(10-8-18)25-16-17-5-3-2-4-6-17;/h2-10,24H,11-16H2,1H3;1H/b21-20+;. The van der Waals surface area contributed by atoms with Gasteiger partial charge in [-0.2, -0.15) is 0 Å². The summed E-state index contributed by atoms with van der Waals surface area (Å²) >= 11 is 0. The zero-order valence-corrected chi connectivity index (χ0v) is 15.9. The van der Waals surface area contributed by atoms with E-state index in [-0.39, 0.29) is 12.4 Å². The van der Waals surface area contributed by atoms with Gasteiger partial charge >= 0.3 is 0 Å². The Labute approximate surface area is 161 Å². The Kier molecular flexibility index (Phi) is 7.91. The minimum Gasteiger partial charge on any atom is -0.489 e. The van der Waals surface area contributed by atoms with Crippen LogP contribution >= 0.6 is 12.4 Å². The van der Waals surface area contributed by atoms with Crippen LogP contribution in [-0.4, -0.2) is 60.5 Å². The van der Waals surface area contributed by atoms with Crippen LogP contribution in [-0.2, 0) is 6.61 Å². The van der Waals surface area contributed by atoms with Gasteiger partial charge in [0.1, 0.15) is 18.1 Å². The number of piperazine rings is 1. The van der Waals surface area contributed by atoms with E-state index in [0.717, 1.165) is 43.1 Å². The lowest BCUT2D eigenvalue weighted by atomic mass is 10.1. The molecule has 0 bridgehead atoms. The van der Waals surface area contributed by atoms with Gasteiger partial charge in [-0.1, -0.05) is 35.5 Å². The van der Waals surface area contributed by atoms with Gasteiger partial charge in [-0.15, -0.1) is 12.4 Å². The van der Waals surface area contributed by atoms with Crippen molar-refractivity contribution in [1.29, 1.82) is 0 Å². The van der Waals surface area contributed by atoms with Crippen molar-refractivity contribution < 1.29 is 9.94 Å². The third kappa shape index (κ3) is 5.73. The van der Waals surface area contributed by atoms with Crippen LogP contribution in [0.4, 0.5) is 0 Å². The largest absolute Gasteiger partial charge is 0.489 e. The molecule has 0 unspecified atom stereocenters. The normalized spacial score (nSPS) is 16.1. The highest BCUT2D eigenvalue weighted by molar-refractivity contribution is 6.01. The monoisotopic (exact) mass is 375 g/mol. The lowest BCUT2D eigenvalue weighted by Gasteiger charge is -2.32. The van der Waals surface area contributed by atoms with Crippen molar-refractivity contribution in [2.45, 2.75) is 6.61 Å². The molecule has 1 fully saturated rings. The molecular weight excluding hydrogens is 350 g/mol. The van der Waals surface area contributed by atoms with Crippen LogP contribution in [0, 0.1) is 0 Å². The molecule has 0 atom stereocenters. The van der Waals surface area contributed by atoms with Crippen molar-refractivity contribution in [3.8, 4) is 5.75 Å². The van der Waals surface area contributed by atoms with Gasteiger partial charge in [0.05, 0.1) is 0 Å². The highest BCUT2D eigenvalue weighted by Gasteiger charge is 2.16. The Morgan fingerprint density at radius 2 is 1.65 bits per heavy atom. The summed E-state index contributed by atoms with van der Waals surface area (Å²) in [5.74, 6) is 0.810. The first-order chi connectivity index (χ1) is 12.2. The zero-order chi connectivity index (χ0) is 17.5. The highest BCUT2D eigenvalue weighted by atomic mass is 35.5. The van der Waals surface area contributed by atoms with Crippen molar-refractivity contribution >= 4 is 18.1 Å². The van der Waals surface area contributed by atoms with E-state index >= 15 is 0 Å². The molecule has 1 aliphatic rings. The van der Waals surface area contributed by atoms with E-state index in [2.05, 4.69) is 22.0 Å². The molecule has 1 heterocycles. The molecule has 3 rings (SSSR count). The molecule has 26 heavy (non-hydrogen) atoms. The molecule has 140 valence electrons. The maximum absolute atomic E-state index is 9.40. The Balaban J connectivity index is 0.00000243. The molecule has 0 aliphatic carbocycles. The molecule has 6 heteroatoms. The van der Waals surface area contributed by atoms with Gasteiger partial charge < -0.3 is 14.8 Å². The topological polar surface area (TPSA) is 48.3 Å². The average Bonchev–Trinajstić information content (AvgIpc) is 2.67. The molecule has 1 N–H and O–H groups in total.